The van der Waals surface area contributed by atoms with Crippen molar-refractivity contribution >= 4 is 0 Å². The first-order valence-corrected chi connectivity index (χ1v) is 8.24. The largest absolute Gasteiger partial charge is 0.668 e. The molecule has 1 fully saturated rings. The fourth-order valence-corrected chi connectivity index (χ4v) is 1.61. The van der Waals surface area contributed by atoms with Crippen molar-refractivity contribution in [3.63, 3.8) is 0 Å². The molecule has 0 unspecified atom stereocenters. The molecule has 1 aliphatic rings. The molecular formula is C15H34N3Ta-3. The number of hydrogen-bond acceptors (Lipinski definition) is 1. The Balaban J connectivity index is -0.000000226. The van der Waals surface area contributed by atoms with E-state index < -0.39 is 0 Å². The van der Waals surface area contributed by atoms with E-state index in [1.54, 1.807) is 14.1 Å². The van der Waals surface area contributed by atoms with E-state index in [-0.39, 0.29) is 13.0 Å². The summed E-state index contributed by atoms with van der Waals surface area (Å²) >= 11 is 1.15. The van der Waals surface area contributed by atoms with Crippen molar-refractivity contribution in [3.8, 4) is 0 Å². The van der Waals surface area contributed by atoms with E-state index >= 15 is 0 Å². The number of rotatable bonds is 3. The van der Waals surface area contributed by atoms with Crippen LogP contribution in [0.1, 0.15) is 52.9 Å². The molecule has 0 aromatic rings. The average Bonchev–Trinajstić information content (AvgIpc) is 2.80. The van der Waals surface area contributed by atoms with Gasteiger partial charge in [-0.3, -0.25) is 0 Å². The zero-order valence-corrected chi connectivity index (χ0v) is 17.3. The zero-order chi connectivity index (χ0) is 14.4. The molecule has 0 aromatic heterocycles. The van der Waals surface area contributed by atoms with Gasteiger partial charge >= 0.3 is 50.5 Å². The van der Waals surface area contributed by atoms with Crippen molar-refractivity contribution in [2.24, 2.45) is 9.26 Å². The van der Waals surface area contributed by atoms with E-state index in [2.05, 4.69) is 34.7 Å². The molecule has 0 spiro atoms. The van der Waals surface area contributed by atoms with E-state index in [0.29, 0.717) is 0 Å². The molecule has 3 nitrogen and oxygen atoms in total. The molecule has 0 bridgehead atoms. The Labute approximate surface area is 134 Å². The number of hydrogen-bond donors (Lipinski definition) is 0. The summed E-state index contributed by atoms with van der Waals surface area (Å²) in [6.07, 6.45) is 7.21. The molecule has 0 aromatic carbocycles. The van der Waals surface area contributed by atoms with Crippen LogP contribution in [0.3, 0.4) is 0 Å². The van der Waals surface area contributed by atoms with Crippen molar-refractivity contribution < 1.29 is 20.9 Å². The van der Waals surface area contributed by atoms with Crippen LogP contribution in [0, 0.1) is 13.3 Å². The van der Waals surface area contributed by atoms with E-state index in [1.807, 2.05) is 7.05 Å². The normalized spacial score (nSPS) is 14.4. The second kappa shape index (κ2) is 16.5. The maximum absolute atomic E-state index is 4.13. The first-order chi connectivity index (χ1) is 8.41. The molecule has 19 heavy (non-hydrogen) atoms. The third-order valence-electron chi connectivity index (χ3n) is 2.54. The predicted octanol–water partition coefficient (Wildman–Crippen LogP) is 5.16. The van der Waals surface area contributed by atoms with Crippen molar-refractivity contribution in [1.82, 2.24) is 0 Å². The van der Waals surface area contributed by atoms with Gasteiger partial charge in [0.15, 0.2) is 0 Å². The van der Waals surface area contributed by atoms with Crippen LogP contribution in [0.25, 0.3) is 10.6 Å². The summed E-state index contributed by atoms with van der Waals surface area (Å²) in [7, 11) is 5.41. The van der Waals surface area contributed by atoms with Crippen LogP contribution in [-0.2, 0) is 20.9 Å². The first kappa shape index (κ1) is 24.5. The first-order valence-electron chi connectivity index (χ1n) is 6.81. The molecular weight excluding hydrogens is 403 g/mol. The Hall–Kier alpha value is 0.460. The summed E-state index contributed by atoms with van der Waals surface area (Å²) < 4.78 is 4.13. The average molecular weight is 437 g/mol. The standard InChI is InChI=1S/C8H16N.C4H9N.C2H6N.CH3.Ta/c1-9-7-6-8-4-2-3-5-8;1-4(2,3)5;1-3-2;;/h8H,2-7H2,1H3;1-3H3;1-2H3;1H3;/q-1;;2*-1;. The van der Waals surface area contributed by atoms with E-state index in [4.69, 9.17) is 0 Å². The van der Waals surface area contributed by atoms with Gasteiger partial charge in [0.25, 0.3) is 0 Å². The molecule has 117 valence electrons. The van der Waals surface area contributed by atoms with Gasteiger partial charge in [0.1, 0.15) is 0 Å². The molecule has 0 N–H and O–H groups in total. The summed E-state index contributed by atoms with van der Waals surface area (Å²) in [6, 6.07) is 0. The van der Waals surface area contributed by atoms with Gasteiger partial charge in [-0.15, -0.1) is 6.54 Å². The molecule has 0 saturated heterocycles. The van der Waals surface area contributed by atoms with Crippen LogP contribution in [0.15, 0.2) is 3.34 Å². The van der Waals surface area contributed by atoms with Crippen LogP contribution in [0.4, 0.5) is 0 Å². The topological polar surface area (TPSA) is 40.6 Å². The molecule has 0 heterocycles. The third kappa shape index (κ3) is 23.9. The van der Waals surface area contributed by atoms with Gasteiger partial charge in [-0.25, -0.2) is 0 Å². The van der Waals surface area contributed by atoms with Crippen LogP contribution < -0.4 is 0 Å². The summed E-state index contributed by atoms with van der Waals surface area (Å²) in [5.41, 5.74) is 0.216. The van der Waals surface area contributed by atoms with Crippen molar-refractivity contribution in [2.45, 2.75) is 58.4 Å². The van der Waals surface area contributed by atoms with E-state index in [1.165, 1.54) is 32.1 Å². The van der Waals surface area contributed by atoms with Gasteiger partial charge in [-0.1, -0.05) is 32.1 Å². The van der Waals surface area contributed by atoms with Crippen LogP contribution in [0.5, 0.6) is 0 Å². The second-order valence-corrected chi connectivity index (χ2v) is 6.42. The Morgan fingerprint density at radius 3 is 1.74 bits per heavy atom. The molecule has 0 amide bonds. The SMILES string of the molecule is CC(C)(C)[N]=[Ta].C[N-]C.C[N-]CCC1CCCC1.[CH3-]. The quantitative estimate of drug-likeness (QED) is 0.548. The molecule has 0 atom stereocenters. The van der Waals surface area contributed by atoms with Crippen molar-refractivity contribution in [2.75, 3.05) is 27.7 Å². The molecule has 0 aliphatic heterocycles. The predicted molar refractivity (Wildman–Crippen MR) is 84.5 cm³/mol. The molecule has 4 heteroatoms. The van der Waals surface area contributed by atoms with Crippen molar-refractivity contribution in [1.29, 1.82) is 0 Å². The summed E-state index contributed by atoms with van der Waals surface area (Å²) in [5.74, 6) is 1.02. The Kier molecular flexibility index (Phi) is 21.3. The minimum Gasteiger partial charge on any atom is -0.668 e. The number of nitrogens with zero attached hydrogens (tertiary/aromatic N) is 3. The smallest absolute Gasteiger partial charge is 0.0431 e. The van der Waals surface area contributed by atoms with Gasteiger partial charge in [0.05, 0.1) is 0 Å². The summed E-state index contributed by atoms with van der Waals surface area (Å²) in [5, 5.41) is 7.60. The second-order valence-electron chi connectivity index (χ2n) is 5.70. The van der Waals surface area contributed by atoms with Crippen molar-refractivity contribution in [3.05, 3.63) is 18.1 Å². The van der Waals surface area contributed by atoms with Gasteiger partial charge in [-0.2, -0.15) is 21.1 Å². The summed E-state index contributed by atoms with van der Waals surface area (Å²) in [4.78, 5) is 0. The molecule has 1 rings (SSSR count). The third-order valence-corrected chi connectivity index (χ3v) is 4.69. The minimum atomic E-state index is 0. The fraction of sp³-hybridized carbons (Fsp3) is 0.933. The Morgan fingerprint density at radius 2 is 1.47 bits per heavy atom. The zero-order valence-electron chi connectivity index (χ0n) is 14.1. The Morgan fingerprint density at radius 1 is 1.11 bits per heavy atom. The van der Waals surface area contributed by atoms with Gasteiger partial charge in [-0.05, 0) is 5.92 Å². The molecule has 1 aliphatic carbocycles. The monoisotopic (exact) mass is 437 g/mol. The maximum atomic E-state index is 4.13. The van der Waals surface area contributed by atoms with Crippen LogP contribution >= 0.6 is 0 Å². The van der Waals surface area contributed by atoms with Crippen LogP contribution in [-0.4, -0.2) is 33.2 Å². The van der Waals surface area contributed by atoms with Crippen LogP contribution in [0.2, 0.25) is 0 Å². The van der Waals surface area contributed by atoms with Gasteiger partial charge in [0, 0.05) is 0 Å². The molecule has 0 radical (unpaired) electrons. The van der Waals surface area contributed by atoms with E-state index in [9.17, 15) is 0 Å². The van der Waals surface area contributed by atoms with Gasteiger partial charge in [0.2, 0.25) is 0 Å². The van der Waals surface area contributed by atoms with E-state index in [0.717, 1.165) is 33.4 Å². The molecule has 1 saturated carbocycles. The Bertz CT molecular complexity index is 173. The van der Waals surface area contributed by atoms with Gasteiger partial charge < -0.3 is 18.1 Å². The maximum Gasteiger partial charge on any atom is -0.0431 e. The summed E-state index contributed by atoms with van der Waals surface area (Å²) in [6.45, 7) is 7.40. The minimum absolute atomic E-state index is 0. The fourth-order valence-electron chi connectivity index (χ4n) is 1.61.